The standard InChI is InChI=1S/C16H13NO4/c1-2-9-17-14(18)10-21-15-12-6-4-3-5-11(12)7-8-13(15)16(19)20/h1,3-8H,9-10H2,(H,17,18)(H,19,20). The Kier molecular flexibility index (Phi) is 4.42. The molecule has 0 heterocycles. The monoisotopic (exact) mass is 283 g/mol. The van der Waals surface area contributed by atoms with E-state index >= 15 is 0 Å². The van der Waals surface area contributed by atoms with Gasteiger partial charge in [-0.2, -0.15) is 0 Å². The zero-order chi connectivity index (χ0) is 15.2. The van der Waals surface area contributed by atoms with Gasteiger partial charge in [0.15, 0.2) is 6.61 Å². The zero-order valence-electron chi connectivity index (χ0n) is 11.1. The van der Waals surface area contributed by atoms with Crippen molar-refractivity contribution in [1.29, 1.82) is 0 Å². The molecule has 0 aliphatic heterocycles. The molecule has 0 fully saturated rings. The van der Waals surface area contributed by atoms with E-state index in [-0.39, 0.29) is 24.5 Å². The summed E-state index contributed by atoms with van der Waals surface area (Å²) in [4.78, 5) is 22.8. The van der Waals surface area contributed by atoms with Gasteiger partial charge in [-0.05, 0) is 11.5 Å². The highest BCUT2D eigenvalue weighted by Gasteiger charge is 2.15. The van der Waals surface area contributed by atoms with Crippen LogP contribution in [0.1, 0.15) is 10.4 Å². The minimum Gasteiger partial charge on any atom is -0.482 e. The van der Waals surface area contributed by atoms with Gasteiger partial charge in [-0.1, -0.05) is 36.3 Å². The number of hydrogen-bond acceptors (Lipinski definition) is 3. The molecule has 0 atom stereocenters. The molecule has 5 heteroatoms. The van der Waals surface area contributed by atoms with Crippen molar-refractivity contribution in [2.75, 3.05) is 13.2 Å². The minimum absolute atomic E-state index is 0.0125. The molecule has 21 heavy (non-hydrogen) atoms. The predicted molar refractivity (Wildman–Crippen MR) is 78.2 cm³/mol. The molecule has 106 valence electrons. The van der Waals surface area contributed by atoms with Crippen LogP contribution in [-0.2, 0) is 4.79 Å². The van der Waals surface area contributed by atoms with E-state index in [2.05, 4.69) is 11.2 Å². The van der Waals surface area contributed by atoms with Crippen LogP contribution in [0.5, 0.6) is 5.75 Å². The number of hydrogen-bond donors (Lipinski definition) is 2. The van der Waals surface area contributed by atoms with Crippen LogP contribution in [0.3, 0.4) is 0 Å². The van der Waals surface area contributed by atoms with E-state index in [0.717, 1.165) is 5.39 Å². The van der Waals surface area contributed by atoms with Crippen LogP contribution in [0, 0.1) is 12.3 Å². The Morgan fingerprint density at radius 3 is 2.71 bits per heavy atom. The third-order valence-electron chi connectivity index (χ3n) is 2.85. The van der Waals surface area contributed by atoms with Gasteiger partial charge in [0.2, 0.25) is 0 Å². The van der Waals surface area contributed by atoms with Crippen LogP contribution < -0.4 is 10.1 Å². The van der Waals surface area contributed by atoms with Gasteiger partial charge in [-0.25, -0.2) is 4.79 Å². The number of benzene rings is 2. The average Bonchev–Trinajstić information content (AvgIpc) is 2.50. The number of rotatable bonds is 5. The molecule has 0 unspecified atom stereocenters. The summed E-state index contributed by atoms with van der Waals surface area (Å²) in [6, 6.07) is 10.4. The van der Waals surface area contributed by atoms with Crippen LogP contribution in [0.2, 0.25) is 0 Å². The number of fused-ring (bicyclic) bond motifs is 1. The molecular formula is C16H13NO4. The first-order valence-electron chi connectivity index (χ1n) is 6.21. The molecule has 2 N–H and O–H groups in total. The van der Waals surface area contributed by atoms with Crippen LogP contribution >= 0.6 is 0 Å². The largest absolute Gasteiger partial charge is 0.482 e. The van der Waals surface area contributed by atoms with Gasteiger partial charge < -0.3 is 15.2 Å². The number of carbonyl (C=O) groups excluding carboxylic acids is 1. The first-order valence-corrected chi connectivity index (χ1v) is 6.21. The highest BCUT2D eigenvalue weighted by atomic mass is 16.5. The Hall–Kier alpha value is -3.00. The fraction of sp³-hybridized carbons (Fsp3) is 0.125. The number of nitrogens with one attached hydrogen (secondary N) is 1. The molecule has 0 radical (unpaired) electrons. The lowest BCUT2D eigenvalue weighted by atomic mass is 10.1. The van der Waals surface area contributed by atoms with Gasteiger partial charge in [0.25, 0.3) is 5.91 Å². The second-order valence-corrected chi connectivity index (χ2v) is 4.24. The van der Waals surface area contributed by atoms with E-state index in [9.17, 15) is 14.7 Å². The van der Waals surface area contributed by atoms with Gasteiger partial charge in [-0.15, -0.1) is 6.42 Å². The molecule has 0 saturated heterocycles. The fourth-order valence-corrected chi connectivity index (χ4v) is 1.91. The molecule has 0 bridgehead atoms. The van der Waals surface area contributed by atoms with Crippen molar-refractivity contribution in [3.05, 3.63) is 42.0 Å². The molecule has 0 aliphatic rings. The number of amides is 1. The summed E-state index contributed by atoms with van der Waals surface area (Å²) >= 11 is 0. The van der Waals surface area contributed by atoms with Crippen LogP contribution in [0.4, 0.5) is 0 Å². The molecule has 2 aromatic carbocycles. The van der Waals surface area contributed by atoms with Crippen LogP contribution in [-0.4, -0.2) is 30.1 Å². The highest BCUT2D eigenvalue weighted by Crippen LogP contribution is 2.29. The van der Waals surface area contributed by atoms with Crippen molar-refractivity contribution in [2.45, 2.75) is 0 Å². The number of terminal acetylenes is 1. The number of aromatic carboxylic acids is 1. The Bertz CT molecular complexity index is 731. The van der Waals surface area contributed by atoms with Gasteiger partial charge in [0, 0.05) is 5.39 Å². The average molecular weight is 283 g/mol. The van der Waals surface area contributed by atoms with Gasteiger partial charge >= 0.3 is 5.97 Å². The molecule has 0 aliphatic carbocycles. The quantitative estimate of drug-likeness (QED) is 0.818. The lowest BCUT2D eigenvalue weighted by Gasteiger charge is -2.12. The highest BCUT2D eigenvalue weighted by molar-refractivity contribution is 6.00. The van der Waals surface area contributed by atoms with E-state index in [0.29, 0.717) is 5.39 Å². The second-order valence-electron chi connectivity index (χ2n) is 4.24. The van der Waals surface area contributed by atoms with E-state index < -0.39 is 11.9 Å². The molecule has 0 saturated carbocycles. The third kappa shape index (κ3) is 3.31. The zero-order valence-corrected chi connectivity index (χ0v) is 11.1. The van der Waals surface area contributed by atoms with Crippen LogP contribution in [0.15, 0.2) is 36.4 Å². The molecule has 1 amide bonds. The SMILES string of the molecule is C#CCNC(=O)COc1c(C(=O)O)ccc2ccccc12. The minimum atomic E-state index is -1.11. The van der Waals surface area contributed by atoms with Crippen molar-refractivity contribution < 1.29 is 19.4 Å². The predicted octanol–water partition coefficient (Wildman–Crippen LogP) is 1.67. The Balaban J connectivity index is 2.32. The van der Waals surface area contributed by atoms with Gasteiger partial charge in [-0.3, -0.25) is 4.79 Å². The normalized spacial score (nSPS) is 9.86. The van der Waals surface area contributed by atoms with Gasteiger partial charge in [0.05, 0.1) is 6.54 Å². The van der Waals surface area contributed by atoms with E-state index in [4.69, 9.17) is 11.2 Å². The summed E-state index contributed by atoms with van der Waals surface area (Å²) < 4.78 is 5.41. The molecule has 2 aromatic rings. The maximum atomic E-state index is 11.5. The Morgan fingerprint density at radius 2 is 2.00 bits per heavy atom. The fourth-order valence-electron chi connectivity index (χ4n) is 1.91. The molecular weight excluding hydrogens is 270 g/mol. The Labute approximate surface area is 121 Å². The molecule has 0 aromatic heterocycles. The van der Waals surface area contributed by atoms with Crippen molar-refractivity contribution >= 4 is 22.6 Å². The van der Waals surface area contributed by atoms with Crippen molar-refractivity contribution in [3.63, 3.8) is 0 Å². The van der Waals surface area contributed by atoms with Gasteiger partial charge in [0.1, 0.15) is 11.3 Å². The van der Waals surface area contributed by atoms with E-state index in [1.54, 1.807) is 18.2 Å². The van der Waals surface area contributed by atoms with Crippen molar-refractivity contribution in [2.24, 2.45) is 0 Å². The number of carbonyl (C=O) groups is 2. The topological polar surface area (TPSA) is 75.6 Å². The summed E-state index contributed by atoms with van der Waals surface area (Å²) in [5.41, 5.74) is 0.0125. The molecule has 2 rings (SSSR count). The third-order valence-corrected chi connectivity index (χ3v) is 2.85. The second kappa shape index (κ2) is 6.44. The first-order chi connectivity index (χ1) is 10.1. The molecule has 5 nitrogen and oxygen atoms in total. The number of ether oxygens (including phenoxy) is 1. The van der Waals surface area contributed by atoms with E-state index in [1.807, 2.05) is 12.1 Å². The summed E-state index contributed by atoms with van der Waals surface area (Å²) in [7, 11) is 0. The van der Waals surface area contributed by atoms with E-state index in [1.165, 1.54) is 6.07 Å². The maximum Gasteiger partial charge on any atom is 0.339 e. The summed E-state index contributed by atoms with van der Waals surface area (Å²) in [6.07, 6.45) is 5.04. The lowest BCUT2D eigenvalue weighted by Crippen LogP contribution is -2.29. The summed E-state index contributed by atoms with van der Waals surface area (Å²) in [5, 5.41) is 13.2. The lowest BCUT2D eigenvalue weighted by molar-refractivity contribution is -0.122. The maximum absolute atomic E-state index is 11.5. The van der Waals surface area contributed by atoms with Crippen molar-refractivity contribution in [3.8, 4) is 18.1 Å². The van der Waals surface area contributed by atoms with Crippen molar-refractivity contribution in [1.82, 2.24) is 5.32 Å². The summed E-state index contributed by atoms with van der Waals surface area (Å²) in [5.74, 6) is 0.935. The molecule has 0 spiro atoms. The first kappa shape index (κ1) is 14.4. The Morgan fingerprint density at radius 1 is 1.24 bits per heavy atom. The number of carboxylic acid groups (broad SMARTS) is 1. The smallest absolute Gasteiger partial charge is 0.339 e. The summed E-state index contributed by atoms with van der Waals surface area (Å²) in [6.45, 7) is -0.195. The number of carboxylic acids is 1. The van der Waals surface area contributed by atoms with Crippen LogP contribution in [0.25, 0.3) is 10.8 Å².